The zero-order valence-electron chi connectivity index (χ0n) is 15.5. The number of hydrogen-bond donors (Lipinski definition) is 1. The summed E-state index contributed by atoms with van der Waals surface area (Å²) in [5.74, 6) is 1.98. The van der Waals surface area contributed by atoms with Crippen LogP contribution in [0, 0.1) is 0 Å². The minimum absolute atomic E-state index is 0.164. The third kappa shape index (κ3) is 5.74. The van der Waals surface area contributed by atoms with Crippen molar-refractivity contribution in [2.45, 2.75) is 46.2 Å². The molecule has 0 bridgehead atoms. The van der Waals surface area contributed by atoms with Crippen molar-refractivity contribution in [1.82, 2.24) is 20.4 Å². The van der Waals surface area contributed by atoms with Crippen LogP contribution in [0.2, 0.25) is 5.02 Å². The highest BCUT2D eigenvalue weighted by molar-refractivity contribution is 6.30. The fourth-order valence-electron chi connectivity index (χ4n) is 2.22. The number of hydrogen-bond acceptors (Lipinski definition) is 4. The number of halogens is 1. The second-order valence-electron chi connectivity index (χ2n) is 6.92. The molecule has 0 aliphatic heterocycles. The first kappa shape index (κ1) is 19.2. The van der Waals surface area contributed by atoms with E-state index in [-0.39, 0.29) is 5.41 Å². The van der Waals surface area contributed by atoms with Gasteiger partial charge in [0.2, 0.25) is 5.89 Å². The first-order chi connectivity index (χ1) is 11.8. The van der Waals surface area contributed by atoms with Gasteiger partial charge < -0.3 is 14.7 Å². The van der Waals surface area contributed by atoms with Gasteiger partial charge in [-0.25, -0.2) is 4.99 Å². The lowest BCUT2D eigenvalue weighted by Gasteiger charge is -2.22. The van der Waals surface area contributed by atoms with Gasteiger partial charge >= 0.3 is 0 Å². The molecule has 0 atom stereocenters. The predicted octanol–water partition coefficient (Wildman–Crippen LogP) is 3.62. The summed E-state index contributed by atoms with van der Waals surface area (Å²) in [6.07, 6.45) is 0. The Hall–Kier alpha value is -2.08. The molecule has 7 heteroatoms. The quantitative estimate of drug-likeness (QED) is 0.649. The molecule has 0 amide bonds. The van der Waals surface area contributed by atoms with Crippen LogP contribution in [0.25, 0.3) is 0 Å². The SMILES string of the molecule is CCNC(=NCc1noc(C(C)(C)C)n1)N(C)Cc1cccc(Cl)c1. The van der Waals surface area contributed by atoms with Crippen molar-refractivity contribution in [2.75, 3.05) is 13.6 Å². The van der Waals surface area contributed by atoms with Crippen LogP contribution in [0.5, 0.6) is 0 Å². The summed E-state index contributed by atoms with van der Waals surface area (Å²) in [7, 11) is 1.99. The molecule has 2 aromatic rings. The number of rotatable bonds is 5. The van der Waals surface area contributed by atoms with Crippen LogP contribution in [0.15, 0.2) is 33.8 Å². The lowest BCUT2D eigenvalue weighted by molar-refractivity contribution is 0.318. The number of nitrogens with one attached hydrogen (secondary N) is 1. The van der Waals surface area contributed by atoms with Crippen LogP contribution in [-0.2, 0) is 18.5 Å². The van der Waals surface area contributed by atoms with Crippen molar-refractivity contribution < 1.29 is 4.52 Å². The Kier molecular flexibility index (Phi) is 6.42. The summed E-state index contributed by atoms with van der Waals surface area (Å²) in [6, 6.07) is 7.81. The average Bonchev–Trinajstić information content (AvgIpc) is 3.00. The monoisotopic (exact) mass is 363 g/mol. The fourth-order valence-corrected chi connectivity index (χ4v) is 2.44. The van der Waals surface area contributed by atoms with E-state index in [2.05, 4.69) is 20.4 Å². The summed E-state index contributed by atoms with van der Waals surface area (Å²) >= 11 is 6.06. The van der Waals surface area contributed by atoms with E-state index in [0.29, 0.717) is 24.8 Å². The van der Waals surface area contributed by atoms with E-state index >= 15 is 0 Å². The lowest BCUT2D eigenvalue weighted by atomic mass is 9.97. The molecule has 25 heavy (non-hydrogen) atoms. The minimum atomic E-state index is -0.164. The van der Waals surface area contributed by atoms with Crippen LogP contribution in [-0.4, -0.2) is 34.6 Å². The third-order valence-electron chi connectivity index (χ3n) is 3.49. The molecule has 1 heterocycles. The van der Waals surface area contributed by atoms with Crippen LogP contribution in [0.3, 0.4) is 0 Å². The molecule has 0 spiro atoms. The molecule has 0 saturated heterocycles. The maximum absolute atomic E-state index is 6.06. The fraction of sp³-hybridized carbons (Fsp3) is 0.500. The van der Waals surface area contributed by atoms with Gasteiger partial charge in [0.15, 0.2) is 11.8 Å². The average molecular weight is 364 g/mol. The van der Waals surface area contributed by atoms with E-state index in [9.17, 15) is 0 Å². The van der Waals surface area contributed by atoms with E-state index in [4.69, 9.17) is 16.1 Å². The summed E-state index contributed by atoms with van der Waals surface area (Å²) in [5.41, 5.74) is 0.957. The van der Waals surface area contributed by atoms with Crippen molar-refractivity contribution in [3.8, 4) is 0 Å². The topological polar surface area (TPSA) is 66.5 Å². The summed E-state index contributed by atoms with van der Waals surface area (Å²) in [4.78, 5) is 11.1. The predicted molar refractivity (Wildman–Crippen MR) is 101 cm³/mol. The molecule has 0 aliphatic rings. The zero-order chi connectivity index (χ0) is 18.4. The van der Waals surface area contributed by atoms with Crippen molar-refractivity contribution in [3.63, 3.8) is 0 Å². The van der Waals surface area contributed by atoms with E-state index < -0.39 is 0 Å². The summed E-state index contributed by atoms with van der Waals surface area (Å²) in [6.45, 7) is 9.99. The molecule has 0 unspecified atom stereocenters. The molecule has 2 rings (SSSR count). The molecule has 136 valence electrons. The van der Waals surface area contributed by atoms with Gasteiger partial charge in [0.1, 0.15) is 6.54 Å². The van der Waals surface area contributed by atoms with Crippen molar-refractivity contribution in [3.05, 3.63) is 46.6 Å². The Morgan fingerprint density at radius 2 is 2.12 bits per heavy atom. The van der Waals surface area contributed by atoms with Gasteiger partial charge in [0.05, 0.1) is 0 Å². The smallest absolute Gasteiger partial charge is 0.232 e. The maximum Gasteiger partial charge on any atom is 0.232 e. The van der Waals surface area contributed by atoms with Crippen molar-refractivity contribution in [1.29, 1.82) is 0 Å². The molecule has 1 aromatic heterocycles. The third-order valence-corrected chi connectivity index (χ3v) is 3.72. The largest absolute Gasteiger partial charge is 0.357 e. The van der Waals surface area contributed by atoms with Crippen molar-refractivity contribution in [2.24, 2.45) is 4.99 Å². The molecule has 1 N–H and O–H groups in total. The first-order valence-electron chi connectivity index (χ1n) is 8.36. The maximum atomic E-state index is 6.06. The first-order valence-corrected chi connectivity index (χ1v) is 8.74. The molecule has 1 aromatic carbocycles. The number of aliphatic imine (C=N–C) groups is 1. The Balaban J connectivity index is 2.08. The summed E-state index contributed by atoms with van der Waals surface area (Å²) < 4.78 is 5.31. The molecule has 0 aliphatic carbocycles. The van der Waals surface area contributed by atoms with Crippen LogP contribution >= 0.6 is 11.6 Å². The van der Waals surface area contributed by atoms with Crippen molar-refractivity contribution >= 4 is 17.6 Å². The number of guanidine groups is 1. The second kappa shape index (κ2) is 8.34. The van der Waals surface area contributed by atoms with Gasteiger partial charge in [-0.1, -0.05) is 49.7 Å². The van der Waals surface area contributed by atoms with Gasteiger partial charge in [-0.15, -0.1) is 0 Å². The zero-order valence-corrected chi connectivity index (χ0v) is 16.3. The molecule has 0 radical (unpaired) electrons. The molecule has 0 saturated carbocycles. The van der Waals surface area contributed by atoms with E-state index in [1.807, 2.05) is 63.9 Å². The Labute approximate surface area is 154 Å². The Morgan fingerprint density at radius 3 is 2.72 bits per heavy atom. The van der Waals surface area contributed by atoms with E-state index in [0.717, 1.165) is 23.1 Å². The highest BCUT2D eigenvalue weighted by Crippen LogP contribution is 2.19. The van der Waals surface area contributed by atoms with E-state index in [1.54, 1.807) is 0 Å². The number of nitrogens with zero attached hydrogens (tertiary/aromatic N) is 4. The second-order valence-corrected chi connectivity index (χ2v) is 7.36. The lowest BCUT2D eigenvalue weighted by Crippen LogP contribution is -2.38. The van der Waals surface area contributed by atoms with Gasteiger partial charge in [-0.3, -0.25) is 0 Å². The normalized spacial score (nSPS) is 12.3. The highest BCUT2D eigenvalue weighted by Gasteiger charge is 2.21. The van der Waals surface area contributed by atoms with Gasteiger partial charge in [-0.2, -0.15) is 4.98 Å². The molecular weight excluding hydrogens is 338 g/mol. The molecular formula is C18H26ClN5O. The van der Waals surface area contributed by atoms with Gasteiger partial charge in [-0.05, 0) is 24.6 Å². The van der Waals surface area contributed by atoms with Gasteiger partial charge in [0, 0.05) is 30.6 Å². The minimum Gasteiger partial charge on any atom is -0.357 e. The standard InChI is InChI=1S/C18H26ClN5O/c1-6-20-17(24(5)12-13-8-7-9-14(19)10-13)21-11-15-22-16(25-23-15)18(2,3)4/h7-10H,6,11-12H2,1-5H3,(H,20,21). The summed E-state index contributed by atoms with van der Waals surface area (Å²) in [5, 5.41) is 8.02. The molecule has 0 fully saturated rings. The number of aromatic nitrogens is 2. The Morgan fingerprint density at radius 1 is 1.36 bits per heavy atom. The van der Waals surface area contributed by atoms with Crippen LogP contribution < -0.4 is 5.32 Å². The van der Waals surface area contributed by atoms with Crippen LogP contribution in [0.1, 0.15) is 45.0 Å². The number of benzene rings is 1. The van der Waals surface area contributed by atoms with E-state index in [1.165, 1.54) is 0 Å². The highest BCUT2D eigenvalue weighted by atomic mass is 35.5. The molecule has 6 nitrogen and oxygen atoms in total. The Bertz CT molecular complexity index is 720. The van der Waals surface area contributed by atoms with Gasteiger partial charge in [0.25, 0.3) is 0 Å². The van der Waals surface area contributed by atoms with Crippen LogP contribution in [0.4, 0.5) is 0 Å².